The summed E-state index contributed by atoms with van der Waals surface area (Å²) >= 11 is 0. The zero-order valence-electron chi connectivity index (χ0n) is 15.5. The number of halogens is 6. The molecule has 2 aromatic rings. The van der Waals surface area contributed by atoms with Crippen molar-refractivity contribution in [2.45, 2.75) is 25.2 Å². The number of rotatable bonds is 6. The van der Waals surface area contributed by atoms with Gasteiger partial charge < -0.3 is 4.90 Å². The van der Waals surface area contributed by atoms with Gasteiger partial charge in [-0.1, -0.05) is 30.3 Å². The van der Waals surface area contributed by atoms with Crippen LogP contribution in [-0.2, 0) is 12.4 Å². The summed E-state index contributed by atoms with van der Waals surface area (Å²) < 4.78 is 78.5. The zero-order chi connectivity index (χ0) is 20.9. The first-order valence-electron chi connectivity index (χ1n) is 8.68. The molecule has 0 N–H and O–H groups in total. The highest BCUT2D eigenvalue weighted by molar-refractivity contribution is 5.80. The Morgan fingerprint density at radius 1 is 0.821 bits per heavy atom. The number of alkyl halides is 6. The van der Waals surface area contributed by atoms with Crippen molar-refractivity contribution in [2.24, 2.45) is 0 Å². The highest BCUT2D eigenvalue weighted by Gasteiger charge is 2.32. The van der Waals surface area contributed by atoms with Gasteiger partial charge in [-0.15, -0.1) is 0 Å². The van der Waals surface area contributed by atoms with Crippen molar-refractivity contribution < 1.29 is 26.3 Å². The van der Waals surface area contributed by atoms with E-state index in [-0.39, 0.29) is 11.1 Å². The van der Waals surface area contributed by atoms with E-state index in [2.05, 4.69) is 0 Å². The maximum absolute atomic E-state index is 13.1. The molecule has 0 aliphatic heterocycles. The normalized spacial score (nSPS) is 12.3. The van der Waals surface area contributed by atoms with Crippen molar-refractivity contribution >= 4 is 5.57 Å². The van der Waals surface area contributed by atoms with Gasteiger partial charge in [-0.05, 0) is 74.4 Å². The number of nitrogens with zero attached hydrogens (tertiary/aromatic N) is 1. The summed E-state index contributed by atoms with van der Waals surface area (Å²) in [6, 6.07) is 9.31. The minimum Gasteiger partial charge on any atom is -0.309 e. The summed E-state index contributed by atoms with van der Waals surface area (Å²) in [5, 5.41) is 0. The second-order valence-electron chi connectivity index (χ2n) is 6.72. The monoisotopic (exact) mass is 401 g/mol. The van der Waals surface area contributed by atoms with Crippen LogP contribution in [0.15, 0.2) is 54.6 Å². The molecule has 0 saturated heterocycles. The smallest absolute Gasteiger partial charge is 0.309 e. The SMILES string of the molecule is CN(C)CCCC=C(c1cccc(C(F)(F)F)c1)c1cccc(C(F)(F)F)c1. The number of hydrogen-bond donors (Lipinski definition) is 0. The topological polar surface area (TPSA) is 3.24 Å². The lowest BCUT2D eigenvalue weighted by molar-refractivity contribution is -0.138. The van der Waals surface area contributed by atoms with E-state index >= 15 is 0 Å². The molecule has 0 aliphatic carbocycles. The van der Waals surface area contributed by atoms with E-state index in [1.807, 2.05) is 19.0 Å². The Kier molecular flexibility index (Phi) is 6.93. The Bertz CT molecular complexity index is 759. The number of benzene rings is 2. The fourth-order valence-corrected chi connectivity index (χ4v) is 2.78. The maximum atomic E-state index is 13.1. The van der Waals surface area contributed by atoms with Crippen LogP contribution in [0.3, 0.4) is 0 Å². The highest BCUT2D eigenvalue weighted by Crippen LogP contribution is 2.35. The van der Waals surface area contributed by atoms with E-state index < -0.39 is 23.5 Å². The Morgan fingerprint density at radius 3 is 1.68 bits per heavy atom. The first-order valence-corrected chi connectivity index (χ1v) is 8.68. The standard InChI is InChI=1S/C21H21F6N/c1-28(2)12-4-3-11-19(15-7-5-9-17(13-15)20(22,23)24)16-8-6-10-18(14-16)21(25,26)27/h5-11,13-14H,3-4,12H2,1-2H3. The molecule has 0 atom stereocenters. The summed E-state index contributed by atoms with van der Waals surface area (Å²) in [6.45, 7) is 0.759. The summed E-state index contributed by atoms with van der Waals surface area (Å²) in [6.07, 6.45) is -6.09. The third-order valence-corrected chi connectivity index (χ3v) is 4.16. The van der Waals surface area contributed by atoms with E-state index in [0.717, 1.165) is 37.2 Å². The molecule has 152 valence electrons. The number of hydrogen-bond acceptors (Lipinski definition) is 1. The van der Waals surface area contributed by atoms with Crippen molar-refractivity contribution in [3.8, 4) is 0 Å². The van der Waals surface area contributed by atoms with Crippen LogP contribution >= 0.6 is 0 Å². The van der Waals surface area contributed by atoms with Gasteiger partial charge in [0.25, 0.3) is 0 Å². The molecule has 0 unspecified atom stereocenters. The van der Waals surface area contributed by atoms with Gasteiger partial charge in [0.05, 0.1) is 11.1 Å². The van der Waals surface area contributed by atoms with Gasteiger partial charge in [0.1, 0.15) is 0 Å². The Balaban J connectivity index is 2.48. The fraction of sp³-hybridized carbons (Fsp3) is 0.333. The second-order valence-corrected chi connectivity index (χ2v) is 6.72. The van der Waals surface area contributed by atoms with E-state index in [1.54, 1.807) is 6.08 Å². The van der Waals surface area contributed by atoms with Gasteiger partial charge in [-0.2, -0.15) is 26.3 Å². The Labute approximate surface area is 160 Å². The van der Waals surface area contributed by atoms with Gasteiger partial charge in [0.2, 0.25) is 0 Å². The van der Waals surface area contributed by atoms with Gasteiger partial charge in [0, 0.05) is 0 Å². The van der Waals surface area contributed by atoms with Crippen LogP contribution in [0.25, 0.3) is 5.57 Å². The van der Waals surface area contributed by atoms with Crippen molar-refractivity contribution in [1.82, 2.24) is 4.90 Å². The van der Waals surface area contributed by atoms with Crippen molar-refractivity contribution in [1.29, 1.82) is 0 Å². The molecule has 0 radical (unpaired) electrons. The largest absolute Gasteiger partial charge is 0.416 e. The first-order chi connectivity index (χ1) is 13.0. The molecular formula is C21H21F6N. The summed E-state index contributed by atoms with van der Waals surface area (Å²) in [7, 11) is 3.79. The van der Waals surface area contributed by atoms with Gasteiger partial charge in [-0.3, -0.25) is 0 Å². The molecule has 28 heavy (non-hydrogen) atoms. The molecule has 0 heterocycles. The lowest BCUT2D eigenvalue weighted by Gasteiger charge is -2.15. The second kappa shape index (κ2) is 8.82. The molecule has 1 nitrogen and oxygen atoms in total. The predicted octanol–water partition coefficient (Wildman–Crippen LogP) is 6.50. The predicted molar refractivity (Wildman–Crippen MR) is 97.8 cm³/mol. The van der Waals surface area contributed by atoms with Crippen LogP contribution in [0.2, 0.25) is 0 Å². The summed E-state index contributed by atoms with van der Waals surface area (Å²) in [4.78, 5) is 1.96. The molecule has 0 bridgehead atoms. The molecule has 2 rings (SSSR count). The molecule has 0 fully saturated rings. The molecule has 0 spiro atoms. The summed E-state index contributed by atoms with van der Waals surface area (Å²) in [5.74, 6) is 0. The van der Waals surface area contributed by atoms with Crippen molar-refractivity contribution in [3.63, 3.8) is 0 Å². The summed E-state index contributed by atoms with van der Waals surface area (Å²) in [5.41, 5.74) is -0.846. The van der Waals surface area contributed by atoms with E-state index in [4.69, 9.17) is 0 Å². The number of unbranched alkanes of at least 4 members (excludes halogenated alkanes) is 1. The minimum atomic E-state index is -4.53. The van der Waals surface area contributed by atoms with Crippen LogP contribution in [0.5, 0.6) is 0 Å². The Morgan fingerprint density at radius 2 is 1.29 bits per heavy atom. The van der Waals surface area contributed by atoms with Crippen LogP contribution in [0.4, 0.5) is 26.3 Å². The molecule has 2 aromatic carbocycles. The van der Waals surface area contributed by atoms with Crippen LogP contribution < -0.4 is 0 Å². The highest BCUT2D eigenvalue weighted by atomic mass is 19.4. The Hall–Kier alpha value is -2.28. The van der Waals surface area contributed by atoms with E-state index in [9.17, 15) is 26.3 Å². The molecule has 0 saturated carbocycles. The van der Waals surface area contributed by atoms with Crippen LogP contribution in [0.1, 0.15) is 35.1 Å². The van der Waals surface area contributed by atoms with Gasteiger partial charge in [0.15, 0.2) is 0 Å². The fourth-order valence-electron chi connectivity index (χ4n) is 2.78. The lowest BCUT2D eigenvalue weighted by Crippen LogP contribution is -2.12. The quantitative estimate of drug-likeness (QED) is 0.395. The average molecular weight is 401 g/mol. The molecular weight excluding hydrogens is 380 g/mol. The van der Waals surface area contributed by atoms with Crippen molar-refractivity contribution in [3.05, 3.63) is 76.9 Å². The molecule has 0 amide bonds. The molecule has 0 aromatic heterocycles. The number of allylic oxidation sites excluding steroid dienone is 1. The third kappa shape index (κ3) is 6.12. The van der Waals surface area contributed by atoms with Gasteiger partial charge >= 0.3 is 12.4 Å². The molecule has 0 aliphatic rings. The first kappa shape index (κ1) is 22.0. The van der Waals surface area contributed by atoms with E-state index in [1.165, 1.54) is 24.3 Å². The molecule has 7 heteroatoms. The van der Waals surface area contributed by atoms with Crippen molar-refractivity contribution in [2.75, 3.05) is 20.6 Å². The third-order valence-electron chi connectivity index (χ3n) is 4.16. The van der Waals surface area contributed by atoms with Crippen LogP contribution in [0, 0.1) is 0 Å². The average Bonchev–Trinajstić information content (AvgIpc) is 2.60. The maximum Gasteiger partial charge on any atom is 0.416 e. The lowest BCUT2D eigenvalue weighted by atomic mass is 9.94. The van der Waals surface area contributed by atoms with Gasteiger partial charge in [-0.25, -0.2) is 0 Å². The van der Waals surface area contributed by atoms with E-state index in [0.29, 0.717) is 12.0 Å². The zero-order valence-corrected chi connectivity index (χ0v) is 15.5. The van der Waals surface area contributed by atoms with Crippen LogP contribution in [-0.4, -0.2) is 25.5 Å². The minimum absolute atomic E-state index is 0.235.